The second-order valence-corrected chi connectivity index (χ2v) is 5.51. The first-order valence-electron chi connectivity index (χ1n) is 7.54. The number of aromatic nitrogens is 2. The van der Waals surface area contributed by atoms with Gasteiger partial charge in [0.15, 0.2) is 0 Å². The number of ether oxygens (including phenoxy) is 2. The predicted molar refractivity (Wildman–Crippen MR) is 75.8 cm³/mol. The van der Waals surface area contributed by atoms with Crippen molar-refractivity contribution in [1.82, 2.24) is 15.3 Å². The molecule has 1 aromatic heterocycles. The van der Waals surface area contributed by atoms with Crippen LogP contribution in [0.15, 0.2) is 0 Å². The second kappa shape index (κ2) is 6.61. The summed E-state index contributed by atoms with van der Waals surface area (Å²) in [6, 6.07) is 0. The molecule has 0 saturated heterocycles. The number of nitrogens with zero attached hydrogens (tertiary/aromatic N) is 2. The quantitative estimate of drug-likeness (QED) is 0.759. The van der Waals surface area contributed by atoms with Crippen molar-refractivity contribution in [2.75, 3.05) is 33.5 Å². The van der Waals surface area contributed by atoms with Crippen molar-refractivity contribution < 1.29 is 9.47 Å². The van der Waals surface area contributed by atoms with Gasteiger partial charge in [0, 0.05) is 44.5 Å². The summed E-state index contributed by atoms with van der Waals surface area (Å²) < 4.78 is 10.5. The molecule has 0 unspecified atom stereocenters. The molecule has 3 rings (SSSR count). The first kappa shape index (κ1) is 13.9. The average Bonchev–Trinajstić information content (AvgIpc) is 3.31. The topological polar surface area (TPSA) is 56.3 Å². The summed E-state index contributed by atoms with van der Waals surface area (Å²) in [6.07, 6.45) is 4.39. The maximum Gasteiger partial charge on any atom is 0.131 e. The zero-order valence-corrected chi connectivity index (χ0v) is 12.2. The lowest BCUT2D eigenvalue weighted by atomic mass is 10.0. The molecule has 2 aliphatic rings. The standard InChI is InChI=1S/C15H23N3O2/c1-19-8-9-20-7-5-14-17-13-4-6-16-10-12(13)15(18-14)11-2-3-11/h11,16H,2-10H2,1H3. The van der Waals surface area contributed by atoms with Crippen LogP contribution in [-0.4, -0.2) is 43.4 Å². The molecule has 1 saturated carbocycles. The molecule has 110 valence electrons. The summed E-state index contributed by atoms with van der Waals surface area (Å²) in [6.45, 7) is 3.92. The summed E-state index contributed by atoms with van der Waals surface area (Å²) in [7, 11) is 1.69. The second-order valence-electron chi connectivity index (χ2n) is 5.51. The normalized spacial score (nSPS) is 18.1. The molecular formula is C15H23N3O2. The third kappa shape index (κ3) is 3.34. The fourth-order valence-electron chi connectivity index (χ4n) is 2.64. The lowest BCUT2D eigenvalue weighted by Gasteiger charge is -2.20. The van der Waals surface area contributed by atoms with Crippen LogP contribution < -0.4 is 5.32 Å². The van der Waals surface area contributed by atoms with Crippen LogP contribution in [0.2, 0.25) is 0 Å². The van der Waals surface area contributed by atoms with E-state index in [2.05, 4.69) is 5.32 Å². The van der Waals surface area contributed by atoms with Crippen molar-refractivity contribution in [3.8, 4) is 0 Å². The predicted octanol–water partition coefficient (Wildman–Crippen LogP) is 1.21. The molecular weight excluding hydrogens is 254 g/mol. The van der Waals surface area contributed by atoms with E-state index in [0.717, 1.165) is 31.8 Å². The van der Waals surface area contributed by atoms with Crippen LogP contribution in [0.4, 0.5) is 0 Å². The van der Waals surface area contributed by atoms with Gasteiger partial charge in [0.25, 0.3) is 0 Å². The number of methoxy groups -OCH3 is 1. The first-order chi connectivity index (χ1) is 9.88. The molecule has 20 heavy (non-hydrogen) atoms. The average molecular weight is 277 g/mol. The molecule has 0 spiro atoms. The number of fused-ring (bicyclic) bond motifs is 1. The first-order valence-corrected chi connectivity index (χ1v) is 7.54. The highest BCUT2D eigenvalue weighted by molar-refractivity contribution is 5.33. The smallest absolute Gasteiger partial charge is 0.131 e. The Balaban J connectivity index is 1.66. The maximum atomic E-state index is 5.52. The van der Waals surface area contributed by atoms with Gasteiger partial charge in [-0.05, 0) is 12.8 Å². The van der Waals surface area contributed by atoms with Crippen LogP contribution in [-0.2, 0) is 28.9 Å². The summed E-state index contributed by atoms with van der Waals surface area (Å²) in [5, 5.41) is 3.43. The fraction of sp³-hybridized carbons (Fsp3) is 0.733. The van der Waals surface area contributed by atoms with E-state index in [0.29, 0.717) is 25.7 Å². The Morgan fingerprint density at radius 2 is 2.10 bits per heavy atom. The molecule has 0 aromatic carbocycles. The fourth-order valence-corrected chi connectivity index (χ4v) is 2.64. The number of nitrogens with one attached hydrogen (secondary N) is 1. The molecule has 1 N–H and O–H groups in total. The van der Waals surface area contributed by atoms with Crippen molar-refractivity contribution in [3.63, 3.8) is 0 Å². The third-order valence-electron chi connectivity index (χ3n) is 3.88. The molecule has 1 aliphatic heterocycles. The van der Waals surface area contributed by atoms with E-state index in [9.17, 15) is 0 Å². The number of hydrogen-bond acceptors (Lipinski definition) is 5. The van der Waals surface area contributed by atoms with E-state index in [1.165, 1.54) is 29.8 Å². The van der Waals surface area contributed by atoms with Crippen molar-refractivity contribution in [2.45, 2.75) is 38.1 Å². The van der Waals surface area contributed by atoms with Crippen LogP contribution in [0.25, 0.3) is 0 Å². The van der Waals surface area contributed by atoms with E-state index >= 15 is 0 Å². The summed E-state index contributed by atoms with van der Waals surface area (Å²) in [5.74, 6) is 1.63. The summed E-state index contributed by atoms with van der Waals surface area (Å²) >= 11 is 0. The van der Waals surface area contributed by atoms with Gasteiger partial charge in [0.1, 0.15) is 5.82 Å². The van der Waals surface area contributed by atoms with Gasteiger partial charge in [0.2, 0.25) is 0 Å². The van der Waals surface area contributed by atoms with Gasteiger partial charge in [-0.3, -0.25) is 0 Å². The minimum atomic E-state index is 0.640. The summed E-state index contributed by atoms with van der Waals surface area (Å²) in [5.41, 5.74) is 3.92. The molecule has 2 heterocycles. The molecule has 1 fully saturated rings. The highest BCUT2D eigenvalue weighted by Gasteiger charge is 2.30. The Labute approximate surface area is 120 Å². The molecule has 5 heteroatoms. The van der Waals surface area contributed by atoms with Gasteiger partial charge in [-0.2, -0.15) is 0 Å². The number of hydrogen-bond donors (Lipinski definition) is 1. The van der Waals surface area contributed by atoms with Gasteiger partial charge in [-0.25, -0.2) is 9.97 Å². The van der Waals surface area contributed by atoms with E-state index in [-0.39, 0.29) is 0 Å². The third-order valence-corrected chi connectivity index (χ3v) is 3.88. The van der Waals surface area contributed by atoms with Crippen molar-refractivity contribution >= 4 is 0 Å². The van der Waals surface area contributed by atoms with Crippen LogP contribution in [0, 0.1) is 0 Å². The number of rotatable bonds is 7. The Bertz CT molecular complexity index is 461. The van der Waals surface area contributed by atoms with E-state index in [1.54, 1.807) is 7.11 Å². The van der Waals surface area contributed by atoms with Crippen LogP contribution in [0.3, 0.4) is 0 Å². The Morgan fingerprint density at radius 1 is 1.20 bits per heavy atom. The van der Waals surface area contributed by atoms with Gasteiger partial charge in [0.05, 0.1) is 31.2 Å². The van der Waals surface area contributed by atoms with Gasteiger partial charge in [-0.15, -0.1) is 0 Å². The van der Waals surface area contributed by atoms with Crippen molar-refractivity contribution in [3.05, 3.63) is 22.8 Å². The zero-order valence-electron chi connectivity index (χ0n) is 12.2. The molecule has 0 atom stereocenters. The zero-order chi connectivity index (χ0) is 13.8. The molecule has 1 aliphatic carbocycles. The molecule has 0 amide bonds. The monoisotopic (exact) mass is 277 g/mol. The highest BCUT2D eigenvalue weighted by Crippen LogP contribution is 2.41. The Hall–Kier alpha value is -1.04. The molecule has 1 aromatic rings. The molecule has 0 bridgehead atoms. The summed E-state index contributed by atoms with van der Waals surface area (Å²) in [4.78, 5) is 9.54. The van der Waals surface area contributed by atoms with Crippen molar-refractivity contribution in [2.24, 2.45) is 0 Å². The van der Waals surface area contributed by atoms with Gasteiger partial charge in [-0.1, -0.05) is 0 Å². The van der Waals surface area contributed by atoms with Crippen molar-refractivity contribution in [1.29, 1.82) is 0 Å². The van der Waals surface area contributed by atoms with E-state index in [1.807, 2.05) is 0 Å². The minimum absolute atomic E-state index is 0.640. The lowest BCUT2D eigenvalue weighted by molar-refractivity contribution is 0.0716. The van der Waals surface area contributed by atoms with Crippen LogP contribution >= 0.6 is 0 Å². The maximum absolute atomic E-state index is 5.52. The lowest BCUT2D eigenvalue weighted by Crippen LogP contribution is -2.27. The SMILES string of the molecule is COCCOCCc1nc2c(c(C3CC3)n1)CNCC2. The minimum Gasteiger partial charge on any atom is -0.382 e. The van der Waals surface area contributed by atoms with Gasteiger partial charge >= 0.3 is 0 Å². The molecule has 5 nitrogen and oxygen atoms in total. The largest absolute Gasteiger partial charge is 0.382 e. The molecule has 0 radical (unpaired) electrons. The Kier molecular flexibility index (Phi) is 4.60. The van der Waals surface area contributed by atoms with Crippen LogP contribution in [0.1, 0.15) is 41.5 Å². The van der Waals surface area contributed by atoms with Crippen LogP contribution in [0.5, 0.6) is 0 Å². The van der Waals surface area contributed by atoms with E-state index < -0.39 is 0 Å². The van der Waals surface area contributed by atoms with Gasteiger partial charge < -0.3 is 14.8 Å². The Morgan fingerprint density at radius 3 is 2.90 bits per heavy atom. The highest BCUT2D eigenvalue weighted by atomic mass is 16.5. The van der Waals surface area contributed by atoms with E-state index in [4.69, 9.17) is 19.4 Å².